The lowest BCUT2D eigenvalue weighted by atomic mass is 9.98. The van der Waals surface area contributed by atoms with Crippen LogP contribution in [0.25, 0.3) is 10.8 Å². The molecule has 1 saturated heterocycles. The van der Waals surface area contributed by atoms with Crippen molar-refractivity contribution >= 4 is 32.6 Å². The molecule has 1 aromatic carbocycles. The molecule has 0 bridgehead atoms. The summed E-state index contributed by atoms with van der Waals surface area (Å²) in [6.07, 6.45) is 3.11. The Morgan fingerprint density at radius 2 is 2.24 bits per heavy atom. The van der Waals surface area contributed by atoms with Gasteiger partial charge in [-0.15, -0.1) is 0 Å². The van der Waals surface area contributed by atoms with Gasteiger partial charge in [-0.1, -0.05) is 13.3 Å². The van der Waals surface area contributed by atoms with E-state index in [0.29, 0.717) is 30.2 Å². The number of fused-ring (bicyclic) bond motifs is 1. The van der Waals surface area contributed by atoms with Crippen LogP contribution in [0, 0.1) is 17.2 Å². The summed E-state index contributed by atoms with van der Waals surface area (Å²) in [7, 11) is 1.52. The molecule has 0 spiro atoms. The first-order valence-corrected chi connectivity index (χ1v) is 8.85. The second-order valence-corrected chi connectivity index (χ2v) is 6.83. The van der Waals surface area contributed by atoms with Crippen LogP contribution >= 0.6 is 15.9 Å². The summed E-state index contributed by atoms with van der Waals surface area (Å²) >= 11 is 3.46. The number of nitriles is 1. The van der Waals surface area contributed by atoms with Crippen LogP contribution in [-0.2, 0) is 4.79 Å². The highest BCUT2D eigenvalue weighted by molar-refractivity contribution is 9.10. The predicted molar refractivity (Wildman–Crippen MR) is 96.5 cm³/mol. The van der Waals surface area contributed by atoms with Crippen LogP contribution in [0.15, 0.2) is 22.8 Å². The van der Waals surface area contributed by atoms with Crippen molar-refractivity contribution in [1.82, 2.24) is 10.3 Å². The van der Waals surface area contributed by atoms with Gasteiger partial charge in [-0.25, -0.2) is 4.98 Å². The van der Waals surface area contributed by atoms with Gasteiger partial charge < -0.3 is 14.8 Å². The molecule has 6 nitrogen and oxygen atoms in total. The van der Waals surface area contributed by atoms with Gasteiger partial charge in [-0.05, 0) is 34.0 Å². The normalized spacial score (nSPS) is 19.5. The van der Waals surface area contributed by atoms with E-state index in [1.54, 1.807) is 18.3 Å². The minimum Gasteiger partial charge on any atom is -0.495 e. The number of methoxy groups -OCH3 is 1. The fraction of sp³-hybridized carbons (Fsp3) is 0.389. The predicted octanol–water partition coefficient (Wildman–Crippen LogP) is 3.17. The molecule has 0 saturated carbocycles. The van der Waals surface area contributed by atoms with Crippen LogP contribution in [0.3, 0.4) is 0 Å². The molecule has 1 fully saturated rings. The zero-order valence-corrected chi connectivity index (χ0v) is 15.6. The van der Waals surface area contributed by atoms with Crippen molar-refractivity contribution in [1.29, 1.82) is 5.26 Å². The Kier molecular flexibility index (Phi) is 5.09. The van der Waals surface area contributed by atoms with Gasteiger partial charge in [0.05, 0.1) is 18.7 Å². The number of aromatic nitrogens is 1. The standard InChI is InChI=1S/C18H18BrN3O3/c1-3-10-5-17(23)22-15(10)9-25-18-13-6-16(24-2)11(7-20)4-12(13)14(19)8-21-18/h4,6,8,10,15H,3,5,9H2,1-2H3,(H,22,23)/t10-,15-/m1/s1. The lowest BCUT2D eigenvalue weighted by molar-refractivity contribution is -0.119. The number of amides is 1. The lowest BCUT2D eigenvalue weighted by Gasteiger charge is -2.18. The van der Waals surface area contributed by atoms with E-state index in [-0.39, 0.29) is 17.9 Å². The maximum atomic E-state index is 11.6. The summed E-state index contributed by atoms with van der Waals surface area (Å²) in [5, 5.41) is 13.8. The van der Waals surface area contributed by atoms with Crippen molar-refractivity contribution in [3.8, 4) is 17.7 Å². The highest BCUT2D eigenvalue weighted by Crippen LogP contribution is 2.35. The van der Waals surface area contributed by atoms with E-state index in [1.807, 2.05) is 0 Å². The van der Waals surface area contributed by atoms with Crippen LogP contribution < -0.4 is 14.8 Å². The molecular formula is C18H18BrN3O3. The van der Waals surface area contributed by atoms with Crippen molar-refractivity contribution in [3.63, 3.8) is 0 Å². The van der Waals surface area contributed by atoms with Gasteiger partial charge in [0.2, 0.25) is 11.8 Å². The Labute approximate surface area is 154 Å². The fourth-order valence-corrected chi connectivity index (χ4v) is 3.55. The van der Waals surface area contributed by atoms with Gasteiger partial charge in [0.15, 0.2) is 0 Å². The number of pyridine rings is 1. The molecule has 25 heavy (non-hydrogen) atoms. The molecule has 1 amide bonds. The summed E-state index contributed by atoms with van der Waals surface area (Å²) in [4.78, 5) is 16.0. The number of benzene rings is 1. The first kappa shape index (κ1) is 17.5. The molecule has 2 atom stereocenters. The van der Waals surface area contributed by atoms with E-state index >= 15 is 0 Å². The number of rotatable bonds is 5. The first-order valence-electron chi connectivity index (χ1n) is 8.05. The Morgan fingerprint density at radius 1 is 1.44 bits per heavy atom. The molecule has 2 heterocycles. The monoisotopic (exact) mass is 403 g/mol. The third kappa shape index (κ3) is 3.40. The Bertz CT molecular complexity index is 863. The van der Waals surface area contributed by atoms with Crippen LogP contribution in [0.1, 0.15) is 25.3 Å². The van der Waals surface area contributed by atoms with Crippen LogP contribution in [0.5, 0.6) is 11.6 Å². The number of carbonyl (C=O) groups is 1. The van der Waals surface area contributed by atoms with Crippen LogP contribution in [-0.4, -0.2) is 30.6 Å². The van der Waals surface area contributed by atoms with Gasteiger partial charge in [0.25, 0.3) is 0 Å². The molecule has 2 aromatic rings. The van der Waals surface area contributed by atoms with Crippen molar-refractivity contribution in [3.05, 3.63) is 28.4 Å². The van der Waals surface area contributed by atoms with E-state index < -0.39 is 0 Å². The van der Waals surface area contributed by atoms with Gasteiger partial charge >= 0.3 is 0 Å². The molecule has 130 valence electrons. The number of ether oxygens (including phenoxy) is 2. The molecule has 0 unspecified atom stereocenters. The Morgan fingerprint density at radius 3 is 2.92 bits per heavy atom. The third-order valence-electron chi connectivity index (χ3n) is 4.53. The first-order chi connectivity index (χ1) is 12.1. The van der Waals surface area contributed by atoms with E-state index in [2.05, 4.69) is 39.2 Å². The second-order valence-electron chi connectivity index (χ2n) is 5.98. The molecule has 1 aliphatic rings. The Balaban J connectivity index is 1.93. The average molecular weight is 404 g/mol. The topological polar surface area (TPSA) is 84.2 Å². The molecule has 0 aliphatic carbocycles. The van der Waals surface area contributed by atoms with Crippen molar-refractivity contribution < 1.29 is 14.3 Å². The van der Waals surface area contributed by atoms with E-state index in [1.165, 1.54) is 7.11 Å². The van der Waals surface area contributed by atoms with Gasteiger partial charge in [-0.2, -0.15) is 5.26 Å². The number of halogens is 1. The molecule has 1 N–H and O–H groups in total. The fourth-order valence-electron chi connectivity index (χ4n) is 3.12. The zero-order valence-electron chi connectivity index (χ0n) is 14.0. The third-order valence-corrected chi connectivity index (χ3v) is 5.16. The smallest absolute Gasteiger partial charge is 0.221 e. The minimum atomic E-state index is -0.0155. The van der Waals surface area contributed by atoms with E-state index in [0.717, 1.165) is 21.7 Å². The lowest BCUT2D eigenvalue weighted by Crippen LogP contribution is -2.34. The average Bonchev–Trinajstić information content (AvgIpc) is 3.00. The van der Waals surface area contributed by atoms with Crippen LogP contribution in [0.4, 0.5) is 0 Å². The van der Waals surface area contributed by atoms with E-state index in [4.69, 9.17) is 9.47 Å². The highest BCUT2D eigenvalue weighted by Gasteiger charge is 2.31. The van der Waals surface area contributed by atoms with Gasteiger partial charge in [0.1, 0.15) is 18.4 Å². The number of carbonyl (C=O) groups excluding carboxylic acids is 1. The number of hydrogen-bond acceptors (Lipinski definition) is 5. The number of nitrogens with one attached hydrogen (secondary N) is 1. The number of nitrogens with zero attached hydrogens (tertiary/aromatic N) is 2. The molecule has 3 rings (SSSR count). The highest BCUT2D eigenvalue weighted by atomic mass is 79.9. The summed E-state index contributed by atoms with van der Waals surface area (Å²) in [6.45, 7) is 2.43. The zero-order chi connectivity index (χ0) is 18.0. The summed E-state index contributed by atoms with van der Waals surface area (Å²) < 4.78 is 12.0. The van der Waals surface area contributed by atoms with Crippen molar-refractivity contribution in [2.75, 3.05) is 13.7 Å². The summed E-state index contributed by atoms with van der Waals surface area (Å²) in [5.74, 6) is 1.26. The second kappa shape index (κ2) is 7.28. The molecule has 1 aliphatic heterocycles. The summed E-state index contributed by atoms with van der Waals surface area (Å²) in [5.41, 5.74) is 0.446. The maximum absolute atomic E-state index is 11.6. The molecule has 1 aromatic heterocycles. The van der Waals surface area contributed by atoms with Crippen LogP contribution in [0.2, 0.25) is 0 Å². The Hall–Kier alpha value is -2.33. The van der Waals surface area contributed by atoms with Gasteiger partial charge in [0, 0.05) is 27.9 Å². The number of hydrogen-bond donors (Lipinski definition) is 1. The largest absolute Gasteiger partial charge is 0.495 e. The maximum Gasteiger partial charge on any atom is 0.221 e. The van der Waals surface area contributed by atoms with Crippen molar-refractivity contribution in [2.45, 2.75) is 25.8 Å². The quantitative estimate of drug-likeness (QED) is 0.828. The molecular weight excluding hydrogens is 386 g/mol. The van der Waals surface area contributed by atoms with E-state index in [9.17, 15) is 10.1 Å². The SMILES string of the molecule is CC[C@@H]1CC(=O)N[C@@H]1COc1ncc(Br)c2cc(C#N)c(OC)cc12. The van der Waals surface area contributed by atoms with Gasteiger partial charge in [-0.3, -0.25) is 4.79 Å². The molecule has 7 heteroatoms. The minimum absolute atomic E-state index is 0.0155. The van der Waals surface area contributed by atoms with Crippen molar-refractivity contribution in [2.24, 2.45) is 5.92 Å². The summed E-state index contributed by atoms with van der Waals surface area (Å²) in [6, 6.07) is 5.61. The molecule has 0 radical (unpaired) electrons.